The molecule has 0 unspecified atom stereocenters. The van der Waals surface area contributed by atoms with Crippen LogP contribution in [0.25, 0.3) is 0 Å². The number of rotatable bonds is 4. The van der Waals surface area contributed by atoms with E-state index < -0.39 is 0 Å². The lowest BCUT2D eigenvalue weighted by atomic mass is 10.3. The van der Waals surface area contributed by atoms with Gasteiger partial charge in [0.1, 0.15) is 0 Å². The van der Waals surface area contributed by atoms with Crippen molar-refractivity contribution in [2.24, 2.45) is 0 Å². The van der Waals surface area contributed by atoms with Gasteiger partial charge in [-0.25, -0.2) is 0 Å². The molecule has 8 heavy (non-hydrogen) atoms. The average Bonchev–Trinajstić information content (AvgIpc) is 1.81. The van der Waals surface area contributed by atoms with Gasteiger partial charge in [-0.3, -0.25) is 4.79 Å². The van der Waals surface area contributed by atoms with Gasteiger partial charge in [0.05, 0.1) is 0 Å². The summed E-state index contributed by atoms with van der Waals surface area (Å²) in [7, 11) is 0. The predicted molar refractivity (Wildman–Crippen MR) is 32.1 cm³/mol. The normalized spacial score (nSPS) is 7.38. The summed E-state index contributed by atoms with van der Waals surface area (Å²) >= 11 is 0. The van der Waals surface area contributed by atoms with Crippen LogP contribution in [-0.2, 0) is 4.79 Å². The Morgan fingerprint density at radius 1 is 1.75 bits per heavy atom. The Morgan fingerprint density at radius 3 is 3.00 bits per heavy atom. The van der Waals surface area contributed by atoms with Gasteiger partial charge < -0.3 is 5.32 Å². The van der Waals surface area contributed by atoms with E-state index in [2.05, 4.69) is 11.2 Å². The molecule has 0 fully saturated rings. The van der Waals surface area contributed by atoms with Gasteiger partial charge >= 0.3 is 0 Å². The SMILES string of the molecule is C#CCCCNC=O. The minimum atomic E-state index is 0.677. The molecule has 0 radical (unpaired) electrons. The van der Waals surface area contributed by atoms with Gasteiger partial charge in [0.25, 0.3) is 0 Å². The van der Waals surface area contributed by atoms with E-state index in [4.69, 9.17) is 6.42 Å². The number of amides is 1. The van der Waals surface area contributed by atoms with Gasteiger partial charge in [0.2, 0.25) is 6.41 Å². The molecule has 0 aromatic carbocycles. The Labute approximate surface area is 49.3 Å². The van der Waals surface area contributed by atoms with Crippen molar-refractivity contribution in [3.05, 3.63) is 0 Å². The van der Waals surface area contributed by atoms with Crippen LogP contribution in [0.5, 0.6) is 0 Å². The van der Waals surface area contributed by atoms with Crippen molar-refractivity contribution in [3.63, 3.8) is 0 Å². The van der Waals surface area contributed by atoms with Crippen molar-refractivity contribution in [2.45, 2.75) is 12.8 Å². The van der Waals surface area contributed by atoms with Gasteiger partial charge in [0.15, 0.2) is 0 Å². The Bertz CT molecular complexity index is 93.2. The standard InChI is InChI=1S/C6H9NO/c1-2-3-4-5-7-6-8/h1,6H,3-5H2,(H,7,8). The van der Waals surface area contributed by atoms with E-state index >= 15 is 0 Å². The zero-order chi connectivity index (χ0) is 6.24. The summed E-state index contributed by atoms with van der Waals surface area (Å²) in [6.07, 6.45) is 7.23. The molecule has 0 aromatic rings. The summed E-state index contributed by atoms with van der Waals surface area (Å²) in [5.74, 6) is 2.47. The van der Waals surface area contributed by atoms with Gasteiger partial charge in [0, 0.05) is 13.0 Å². The van der Waals surface area contributed by atoms with Crippen molar-refractivity contribution in [1.82, 2.24) is 5.32 Å². The molecule has 1 amide bonds. The van der Waals surface area contributed by atoms with Gasteiger partial charge in [-0.1, -0.05) is 0 Å². The third-order valence-electron chi connectivity index (χ3n) is 0.726. The molecule has 0 aliphatic carbocycles. The minimum absolute atomic E-state index is 0.677. The van der Waals surface area contributed by atoms with E-state index in [0.29, 0.717) is 13.0 Å². The van der Waals surface area contributed by atoms with E-state index in [-0.39, 0.29) is 0 Å². The van der Waals surface area contributed by atoms with Crippen LogP contribution in [0.3, 0.4) is 0 Å². The molecular formula is C6H9NO. The average molecular weight is 111 g/mol. The highest BCUT2D eigenvalue weighted by Crippen LogP contribution is 1.80. The third-order valence-corrected chi connectivity index (χ3v) is 0.726. The first-order valence-electron chi connectivity index (χ1n) is 2.52. The van der Waals surface area contributed by atoms with Crippen molar-refractivity contribution in [2.75, 3.05) is 6.54 Å². The topological polar surface area (TPSA) is 29.1 Å². The number of hydrogen-bond donors (Lipinski definition) is 1. The van der Waals surface area contributed by atoms with Crippen LogP contribution >= 0.6 is 0 Å². The summed E-state index contributed by atoms with van der Waals surface area (Å²) in [5, 5.41) is 2.51. The van der Waals surface area contributed by atoms with E-state index in [1.54, 1.807) is 0 Å². The maximum Gasteiger partial charge on any atom is 0.207 e. The molecule has 0 heterocycles. The zero-order valence-electron chi connectivity index (χ0n) is 4.68. The predicted octanol–water partition coefficient (Wildman–Crippen LogP) is 0.146. The fraction of sp³-hybridized carbons (Fsp3) is 0.500. The largest absolute Gasteiger partial charge is 0.359 e. The highest BCUT2D eigenvalue weighted by atomic mass is 16.1. The van der Waals surface area contributed by atoms with Crippen LogP contribution in [-0.4, -0.2) is 13.0 Å². The lowest BCUT2D eigenvalue weighted by Crippen LogP contribution is -2.11. The lowest BCUT2D eigenvalue weighted by molar-refractivity contribution is -0.109. The fourth-order valence-corrected chi connectivity index (χ4v) is 0.351. The minimum Gasteiger partial charge on any atom is -0.359 e. The van der Waals surface area contributed by atoms with E-state index in [1.807, 2.05) is 0 Å². The number of carbonyl (C=O) groups is 1. The van der Waals surface area contributed by atoms with Crippen LogP contribution in [0.15, 0.2) is 0 Å². The van der Waals surface area contributed by atoms with Gasteiger partial charge in [-0.05, 0) is 6.42 Å². The quantitative estimate of drug-likeness (QED) is 0.312. The third kappa shape index (κ3) is 5.03. The Hall–Kier alpha value is -0.970. The van der Waals surface area contributed by atoms with Crippen molar-refractivity contribution >= 4 is 6.41 Å². The molecule has 0 saturated carbocycles. The first kappa shape index (κ1) is 7.03. The zero-order valence-corrected chi connectivity index (χ0v) is 4.68. The second-order valence-corrected chi connectivity index (χ2v) is 1.38. The van der Waals surface area contributed by atoms with Crippen LogP contribution in [0.1, 0.15) is 12.8 Å². The number of terminal acetylenes is 1. The molecule has 0 atom stereocenters. The molecule has 0 aliphatic heterocycles. The summed E-state index contributed by atoms with van der Waals surface area (Å²) in [4.78, 5) is 9.61. The summed E-state index contributed by atoms with van der Waals surface area (Å²) in [6.45, 7) is 0.688. The number of hydrogen-bond acceptors (Lipinski definition) is 1. The van der Waals surface area contributed by atoms with Crippen molar-refractivity contribution in [1.29, 1.82) is 0 Å². The first-order valence-corrected chi connectivity index (χ1v) is 2.52. The van der Waals surface area contributed by atoms with E-state index in [1.165, 1.54) is 0 Å². The summed E-state index contributed by atoms with van der Waals surface area (Å²) in [5.41, 5.74) is 0. The molecule has 0 aliphatic rings. The second kappa shape index (κ2) is 6.03. The van der Waals surface area contributed by atoms with Crippen molar-refractivity contribution in [3.8, 4) is 12.3 Å². The second-order valence-electron chi connectivity index (χ2n) is 1.38. The highest BCUT2D eigenvalue weighted by molar-refractivity contribution is 5.45. The van der Waals surface area contributed by atoms with Crippen LogP contribution in [0.4, 0.5) is 0 Å². The lowest BCUT2D eigenvalue weighted by Gasteiger charge is -1.90. The first-order chi connectivity index (χ1) is 3.91. The monoisotopic (exact) mass is 111 g/mol. The van der Waals surface area contributed by atoms with Gasteiger partial charge in [-0.2, -0.15) is 0 Å². The molecule has 0 saturated heterocycles. The molecule has 2 heteroatoms. The van der Waals surface area contributed by atoms with Crippen LogP contribution < -0.4 is 5.32 Å². The van der Waals surface area contributed by atoms with E-state index in [9.17, 15) is 4.79 Å². The van der Waals surface area contributed by atoms with Crippen LogP contribution in [0.2, 0.25) is 0 Å². The maximum absolute atomic E-state index is 9.61. The molecule has 0 aromatic heterocycles. The van der Waals surface area contributed by atoms with Crippen LogP contribution in [0, 0.1) is 12.3 Å². The molecule has 2 nitrogen and oxygen atoms in total. The Kier molecular flexibility index (Phi) is 5.30. The Balaban J connectivity index is 2.74. The number of unbranched alkanes of at least 4 members (excludes halogenated alkanes) is 1. The van der Waals surface area contributed by atoms with Gasteiger partial charge in [-0.15, -0.1) is 12.3 Å². The number of carbonyl (C=O) groups excluding carboxylic acids is 1. The molecule has 1 N–H and O–H groups in total. The summed E-state index contributed by atoms with van der Waals surface area (Å²) in [6, 6.07) is 0. The maximum atomic E-state index is 9.61. The molecular weight excluding hydrogens is 102 g/mol. The number of nitrogens with one attached hydrogen (secondary N) is 1. The Morgan fingerprint density at radius 2 is 2.50 bits per heavy atom. The molecule has 44 valence electrons. The van der Waals surface area contributed by atoms with Crippen molar-refractivity contribution < 1.29 is 4.79 Å². The molecule has 0 spiro atoms. The molecule has 0 bridgehead atoms. The smallest absolute Gasteiger partial charge is 0.207 e. The summed E-state index contributed by atoms with van der Waals surface area (Å²) < 4.78 is 0. The van der Waals surface area contributed by atoms with E-state index in [0.717, 1.165) is 12.8 Å². The highest BCUT2D eigenvalue weighted by Gasteiger charge is 1.78. The fourth-order valence-electron chi connectivity index (χ4n) is 0.351. The molecule has 0 rings (SSSR count).